The van der Waals surface area contributed by atoms with Crippen LogP contribution in [0.3, 0.4) is 0 Å². The van der Waals surface area contributed by atoms with Gasteiger partial charge in [0.1, 0.15) is 5.52 Å². The van der Waals surface area contributed by atoms with Crippen molar-refractivity contribution in [3.05, 3.63) is 23.5 Å². The zero-order valence-corrected chi connectivity index (χ0v) is 7.19. The van der Waals surface area contributed by atoms with Gasteiger partial charge in [-0.15, -0.1) is 0 Å². The molecule has 0 fully saturated rings. The maximum Gasteiger partial charge on any atom is 0.492 e. The predicted molar refractivity (Wildman–Crippen MR) is 48.8 cm³/mol. The van der Waals surface area contributed by atoms with E-state index in [4.69, 9.17) is 26.1 Å². The van der Waals surface area contributed by atoms with E-state index in [1.54, 1.807) is 6.07 Å². The van der Waals surface area contributed by atoms with Crippen molar-refractivity contribution in [2.45, 2.75) is 0 Å². The molecule has 0 bridgehead atoms. The minimum atomic E-state index is -1.58. The maximum atomic E-state index is 8.96. The van der Waals surface area contributed by atoms with E-state index in [-0.39, 0.29) is 5.46 Å². The molecule has 0 aliphatic rings. The third kappa shape index (κ3) is 1.31. The summed E-state index contributed by atoms with van der Waals surface area (Å²) in [5.74, 6) is 0. The number of fused-ring (bicyclic) bond motifs is 1. The first-order valence-corrected chi connectivity index (χ1v) is 3.95. The van der Waals surface area contributed by atoms with Crippen LogP contribution in [0.2, 0.25) is 5.02 Å². The Bertz CT molecular complexity index is 442. The van der Waals surface area contributed by atoms with E-state index in [1.165, 1.54) is 12.5 Å². The molecule has 2 N–H and O–H groups in total. The zero-order valence-electron chi connectivity index (χ0n) is 6.44. The lowest BCUT2D eigenvalue weighted by molar-refractivity contribution is 0.425. The Hall–Kier alpha value is -1.04. The van der Waals surface area contributed by atoms with Crippen LogP contribution in [0.1, 0.15) is 0 Å². The molecule has 1 aromatic heterocycles. The second-order valence-electron chi connectivity index (χ2n) is 2.54. The van der Waals surface area contributed by atoms with E-state index in [0.717, 1.165) is 0 Å². The van der Waals surface area contributed by atoms with E-state index in [0.29, 0.717) is 16.1 Å². The molecule has 0 aliphatic carbocycles. The number of aromatic nitrogens is 1. The molecule has 13 heavy (non-hydrogen) atoms. The molecule has 4 nitrogen and oxygen atoms in total. The fraction of sp³-hybridized carbons (Fsp3) is 0. The molecule has 1 aromatic carbocycles. The number of benzene rings is 1. The summed E-state index contributed by atoms with van der Waals surface area (Å²) >= 11 is 5.79. The van der Waals surface area contributed by atoms with E-state index in [9.17, 15) is 0 Å². The van der Waals surface area contributed by atoms with Crippen molar-refractivity contribution in [3.8, 4) is 0 Å². The number of hydrogen-bond acceptors (Lipinski definition) is 4. The Balaban J connectivity index is 2.78. The molecular weight excluding hydrogens is 192 g/mol. The van der Waals surface area contributed by atoms with Crippen molar-refractivity contribution in [2.75, 3.05) is 0 Å². The summed E-state index contributed by atoms with van der Waals surface area (Å²) in [6.07, 6.45) is 1.21. The van der Waals surface area contributed by atoms with Gasteiger partial charge in [0.05, 0.1) is 5.02 Å². The summed E-state index contributed by atoms with van der Waals surface area (Å²) in [6, 6.07) is 3.03. The zero-order chi connectivity index (χ0) is 9.42. The maximum absolute atomic E-state index is 8.96. The van der Waals surface area contributed by atoms with Crippen LogP contribution >= 0.6 is 11.6 Å². The van der Waals surface area contributed by atoms with E-state index in [1.807, 2.05) is 0 Å². The lowest BCUT2D eigenvalue weighted by Crippen LogP contribution is -2.30. The highest BCUT2D eigenvalue weighted by atomic mass is 35.5. The molecule has 0 saturated carbocycles. The third-order valence-corrected chi connectivity index (χ3v) is 2.05. The number of rotatable bonds is 1. The van der Waals surface area contributed by atoms with Gasteiger partial charge in [0.15, 0.2) is 12.0 Å². The standard InChI is InChI=1S/C7H5BClNO3/c9-5-2-1-4(8(11)12)7-6(5)10-3-13-7/h1-3,11-12H. The van der Waals surface area contributed by atoms with Crippen LogP contribution in [-0.2, 0) is 0 Å². The molecule has 6 heteroatoms. The molecule has 0 saturated heterocycles. The third-order valence-electron chi connectivity index (χ3n) is 1.74. The van der Waals surface area contributed by atoms with Crippen molar-refractivity contribution in [2.24, 2.45) is 0 Å². The second-order valence-corrected chi connectivity index (χ2v) is 2.95. The number of halogens is 1. The molecule has 2 rings (SSSR count). The molecule has 0 radical (unpaired) electrons. The summed E-state index contributed by atoms with van der Waals surface area (Å²) < 4.78 is 4.98. The van der Waals surface area contributed by atoms with Gasteiger partial charge >= 0.3 is 7.12 Å². The van der Waals surface area contributed by atoms with Crippen molar-refractivity contribution < 1.29 is 14.5 Å². The van der Waals surface area contributed by atoms with Gasteiger partial charge < -0.3 is 14.5 Å². The monoisotopic (exact) mass is 197 g/mol. The van der Waals surface area contributed by atoms with Crippen LogP contribution in [0.25, 0.3) is 11.1 Å². The molecule has 1 heterocycles. The molecule has 0 amide bonds. The Morgan fingerprint density at radius 3 is 2.85 bits per heavy atom. The van der Waals surface area contributed by atoms with E-state index in [2.05, 4.69) is 4.98 Å². The molecule has 66 valence electrons. The molecule has 2 aromatic rings. The van der Waals surface area contributed by atoms with Crippen molar-refractivity contribution in [3.63, 3.8) is 0 Å². The molecule has 0 spiro atoms. The summed E-state index contributed by atoms with van der Waals surface area (Å²) in [5, 5.41) is 18.3. The number of oxazole rings is 1. The second kappa shape index (κ2) is 3.03. The van der Waals surface area contributed by atoms with Crippen LogP contribution in [-0.4, -0.2) is 22.2 Å². The predicted octanol–water partition coefficient (Wildman–Crippen LogP) is 0.161. The van der Waals surface area contributed by atoms with Gasteiger partial charge in [0, 0.05) is 5.46 Å². The Morgan fingerprint density at radius 1 is 1.38 bits per heavy atom. The van der Waals surface area contributed by atoms with Crippen molar-refractivity contribution >= 4 is 35.3 Å². The van der Waals surface area contributed by atoms with Gasteiger partial charge in [-0.3, -0.25) is 0 Å². The highest BCUT2D eigenvalue weighted by Crippen LogP contribution is 2.19. The lowest BCUT2D eigenvalue weighted by atomic mass is 9.80. The highest BCUT2D eigenvalue weighted by molar-refractivity contribution is 6.61. The van der Waals surface area contributed by atoms with Crippen molar-refractivity contribution in [1.82, 2.24) is 4.98 Å². The molecule has 0 atom stereocenters. The van der Waals surface area contributed by atoms with E-state index >= 15 is 0 Å². The molecular formula is C7H5BClNO3. The van der Waals surface area contributed by atoms with Crippen LogP contribution in [0.5, 0.6) is 0 Å². The SMILES string of the molecule is OB(O)c1ccc(Cl)c2ncoc12. The van der Waals surface area contributed by atoms with Gasteiger partial charge in [-0.2, -0.15) is 0 Å². The van der Waals surface area contributed by atoms with Gasteiger partial charge in [-0.1, -0.05) is 17.7 Å². The highest BCUT2D eigenvalue weighted by Gasteiger charge is 2.18. The molecule has 0 aliphatic heterocycles. The summed E-state index contributed by atoms with van der Waals surface area (Å²) in [4.78, 5) is 3.84. The van der Waals surface area contributed by atoms with Crippen molar-refractivity contribution in [1.29, 1.82) is 0 Å². The average molecular weight is 197 g/mol. The van der Waals surface area contributed by atoms with Crippen LogP contribution in [0.15, 0.2) is 22.9 Å². The summed E-state index contributed by atoms with van der Waals surface area (Å²) in [5.41, 5.74) is 1.01. The fourth-order valence-corrected chi connectivity index (χ4v) is 1.34. The Morgan fingerprint density at radius 2 is 2.15 bits per heavy atom. The van der Waals surface area contributed by atoms with Gasteiger partial charge in [-0.25, -0.2) is 4.98 Å². The smallest absolute Gasteiger partial charge is 0.444 e. The van der Waals surface area contributed by atoms with Gasteiger partial charge in [0.2, 0.25) is 0 Å². The first kappa shape index (κ1) is 8.56. The Kier molecular flexibility index (Phi) is 1.99. The topological polar surface area (TPSA) is 66.5 Å². The Labute approximate surface area is 78.9 Å². The van der Waals surface area contributed by atoms with E-state index < -0.39 is 7.12 Å². The van der Waals surface area contributed by atoms with Gasteiger partial charge in [0.25, 0.3) is 0 Å². The number of hydrogen-bond donors (Lipinski definition) is 2. The van der Waals surface area contributed by atoms with Gasteiger partial charge in [-0.05, 0) is 6.07 Å². The number of nitrogens with zero attached hydrogens (tertiary/aromatic N) is 1. The average Bonchev–Trinajstić information content (AvgIpc) is 2.53. The largest absolute Gasteiger partial charge is 0.492 e. The first-order valence-electron chi connectivity index (χ1n) is 3.58. The first-order chi connectivity index (χ1) is 6.20. The minimum Gasteiger partial charge on any atom is -0.444 e. The van der Waals surface area contributed by atoms with Crippen LogP contribution in [0.4, 0.5) is 0 Å². The molecule has 0 unspecified atom stereocenters. The van der Waals surface area contributed by atoms with Crippen LogP contribution in [0, 0.1) is 0 Å². The summed E-state index contributed by atoms with van der Waals surface area (Å²) in [6.45, 7) is 0. The normalized spacial score (nSPS) is 10.7. The lowest BCUT2D eigenvalue weighted by Gasteiger charge is -1.99. The van der Waals surface area contributed by atoms with Crippen LogP contribution < -0.4 is 5.46 Å². The quantitative estimate of drug-likeness (QED) is 0.639. The minimum absolute atomic E-state index is 0.261. The fourth-order valence-electron chi connectivity index (χ4n) is 1.14. The summed E-state index contributed by atoms with van der Waals surface area (Å²) in [7, 11) is -1.58.